The van der Waals surface area contributed by atoms with Gasteiger partial charge in [0, 0.05) is 60.5 Å². The minimum Gasteiger partial charge on any atom is -0.311 e. The first-order valence-corrected chi connectivity index (χ1v) is 19.6. The van der Waals surface area contributed by atoms with Gasteiger partial charge in [0.1, 0.15) is 0 Å². The van der Waals surface area contributed by atoms with E-state index in [1.54, 1.807) is 46.0 Å². The number of carbonyl (C=O) groups excluding carboxylic acids is 2. The summed E-state index contributed by atoms with van der Waals surface area (Å²) >= 11 is 5.27. The fourth-order valence-electron chi connectivity index (χ4n) is 5.95. The van der Waals surface area contributed by atoms with E-state index in [-0.39, 0.29) is 11.8 Å². The summed E-state index contributed by atoms with van der Waals surface area (Å²) in [5.41, 5.74) is 3.68. The maximum absolute atomic E-state index is 14.2. The highest BCUT2D eigenvalue weighted by molar-refractivity contribution is 7.27. The summed E-state index contributed by atoms with van der Waals surface area (Å²) in [4.78, 5) is 37.8. The van der Waals surface area contributed by atoms with Crippen molar-refractivity contribution in [3.63, 3.8) is 0 Å². The quantitative estimate of drug-likeness (QED) is 0.1000. The molecule has 0 aliphatic heterocycles. The van der Waals surface area contributed by atoms with E-state index >= 15 is 0 Å². The van der Waals surface area contributed by atoms with Crippen molar-refractivity contribution in [2.45, 2.75) is 51.9 Å². The molecule has 3 aromatic carbocycles. The molecule has 4 nitrogen and oxygen atoms in total. The average Bonchev–Trinajstić information content (AvgIpc) is 3.95. The van der Waals surface area contributed by atoms with Crippen LogP contribution in [0.15, 0.2) is 121 Å². The average molecular weight is 703 g/mol. The zero-order valence-electron chi connectivity index (χ0n) is 28.1. The molecule has 0 atom stereocenters. The van der Waals surface area contributed by atoms with Gasteiger partial charge in [-0.3, -0.25) is 9.59 Å². The second kappa shape index (κ2) is 16.9. The lowest BCUT2D eigenvalue weighted by Crippen LogP contribution is -2.32. The topological polar surface area (TPSA) is 40.6 Å². The first kappa shape index (κ1) is 34.6. The smallest absolute Gasteiger partial charge is 0.258 e. The third-order valence-electron chi connectivity index (χ3n) is 8.68. The van der Waals surface area contributed by atoms with Crippen molar-refractivity contribution in [3.05, 3.63) is 132 Å². The number of benzene rings is 3. The molecule has 0 unspecified atom stereocenters. The molecule has 0 aliphatic carbocycles. The second-order valence-electron chi connectivity index (χ2n) is 12.2. The molecule has 0 bridgehead atoms. The van der Waals surface area contributed by atoms with Gasteiger partial charge in [-0.1, -0.05) is 87.9 Å². The Morgan fingerprint density at radius 3 is 1.84 bits per heavy atom. The zero-order chi connectivity index (χ0) is 34.0. The third kappa shape index (κ3) is 8.66. The van der Waals surface area contributed by atoms with Gasteiger partial charge >= 0.3 is 0 Å². The molecule has 0 radical (unpaired) electrons. The van der Waals surface area contributed by atoms with Gasteiger partial charge in [-0.15, -0.1) is 34.0 Å². The summed E-state index contributed by atoms with van der Waals surface area (Å²) in [6.45, 7) is 2.82. The molecule has 7 heteroatoms. The Balaban J connectivity index is 1.36. The number of hydrogen-bond donors (Lipinski definition) is 0. The van der Waals surface area contributed by atoms with Crippen molar-refractivity contribution in [2.24, 2.45) is 0 Å². The molecule has 0 saturated carbocycles. The summed E-state index contributed by atoms with van der Waals surface area (Å²) in [7, 11) is 1.81. The Morgan fingerprint density at radius 2 is 1.16 bits per heavy atom. The van der Waals surface area contributed by atoms with E-state index < -0.39 is 0 Å². The molecule has 250 valence electrons. The lowest BCUT2D eigenvalue weighted by molar-refractivity contribution is 0.0978. The maximum atomic E-state index is 14.2. The van der Waals surface area contributed by atoms with Crippen LogP contribution in [0.25, 0.3) is 29.9 Å². The molecule has 6 aromatic rings. The van der Waals surface area contributed by atoms with E-state index in [0.717, 1.165) is 41.1 Å². The molecule has 49 heavy (non-hydrogen) atoms. The number of amides is 2. The highest BCUT2D eigenvalue weighted by Crippen LogP contribution is 2.42. The summed E-state index contributed by atoms with van der Waals surface area (Å²) < 4.78 is 0. The molecule has 0 N–H and O–H groups in total. The number of carbonyl (C=O) groups is 2. The Labute approximate surface area is 302 Å². The Hall–Kier alpha value is -4.30. The van der Waals surface area contributed by atoms with Crippen molar-refractivity contribution in [2.75, 3.05) is 23.4 Å². The number of anilines is 2. The van der Waals surface area contributed by atoms with Crippen molar-refractivity contribution < 1.29 is 9.59 Å². The molecule has 3 aromatic heterocycles. The van der Waals surface area contributed by atoms with Crippen molar-refractivity contribution >= 4 is 57.2 Å². The fraction of sp³-hybridized carbons (Fsp3) is 0.238. The van der Waals surface area contributed by atoms with Gasteiger partial charge in [0.05, 0.1) is 0 Å². The lowest BCUT2D eigenvalue weighted by Gasteiger charge is -2.25. The minimum absolute atomic E-state index is 0.0508. The van der Waals surface area contributed by atoms with Gasteiger partial charge in [0.25, 0.3) is 11.8 Å². The number of nitrogens with zero attached hydrogens (tertiary/aromatic N) is 2. The van der Waals surface area contributed by atoms with E-state index in [2.05, 4.69) is 54.8 Å². The first-order valence-electron chi connectivity index (χ1n) is 17.1. The van der Waals surface area contributed by atoms with Gasteiger partial charge < -0.3 is 9.80 Å². The van der Waals surface area contributed by atoms with Gasteiger partial charge in [-0.2, -0.15) is 0 Å². The lowest BCUT2D eigenvalue weighted by atomic mass is 10.0. The number of para-hydroxylation sites is 1. The molecular formula is C42H42N2O2S3. The molecule has 3 heterocycles. The van der Waals surface area contributed by atoms with Crippen molar-refractivity contribution in [1.82, 2.24) is 0 Å². The van der Waals surface area contributed by atoms with Crippen LogP contribution in [0.2, 0.25) is 0 Å². The summed E-state index contributed by atoms with van der Waals surface area (Å²) in [6.07, 6.45) is 8.10. The van der Waals surface area contributed by atoms with Crippen LogP contribution >= 0.6 is 34.0 Å². The number of unbranched alkanes of at least 4 members (excludes halogenated alkanes) is 6. The molecule has 0 saturated heterocycles. The molecular weight excluding hydrogens is 661 g/mol. The molecule has 6 rings (SSSR count). The van der Waals surface area contributed by atoms with Gasteiger partial charge in [0.15, 0.2) is 0 Å². The van der Waals surface area contributed by atoms with Crippen molar-refractivity contribution in [3.8, 4) is 29.9 Å². The van der Waals surface area contributed by atoms with Crippen LogP contribution in [0.4, 0.5) is 11.4 Å². The summed E-state index contributed by atoms with van der Waals surface area (Å²) in [5, 5.41) is 2.11. The van der Waals surface area contributed by atoms with E-state index in [0.29, 0.717) is 17.7 Å². The number of hydrogen-bond acceptors (Lipinski definition) is 5. The van der Waals surface area contributed by atoms with Crippen molar-refractivity contribution in [1.29, 1.82) is 0 Å². The van der Waals surface area contributed by atoms with Gasteiger partial charge in [-0.05, 0) is 90.2 Å². The van der Waals surface area contributed by atoms with Crippen LogP contribution in [0, 0.1) is 0 Å². The standard InChI is InChI=1S/C42H42N2O2S3/c1-3-4-5-6-7-8-15-26-44(42(46)31-17-11-9-12-18-31)35-29-32(28-33(30-35)41(45)43(2)34-19-13-10-14-20-34)36-22-23-39(48-36)40-25-24-38(49-40)37-21-16-27-47-37/h9-14,16-25,27-30H,3-8,15,26H2,1-2H3. The van der Waals surface area contributed by atoms with E-state index in [9.17, 15) is 9.59 Å². The molecule has 0 spiro atoms. The molecule has 2 amide bonds. The number of rotatable bonds is 15. The van der Waals surface area contributed by atoms with Crippen LogP contribution in [0.3, 0.4) is 0 Å². The fourth-order valence-corrected chi connectivity index (χ4v) is 8.88. The summed E-state index contributed by atoms with van der Waals surface area (Å²) in [6, 6.07) is 38.1. The Bertz CT molecular complexity index is 1940. The Morgan fingerprint density at radius 1 is 0.551 bits per heavy atom. The predicted octanol–water partition coefficient (Wildman–Crippen LogP) is 12.5. The maximum Gasteiger partial charge on any atom is 0.258 e. The van der Waals surface area contributed by atoms with Crippen LogP contribution in [0.5, 0.6) is 0 Å². The van der Waals surface area contributed by atoms with Crippen LogP contribution < -0.4 is 9.80 Å². The monoisotopic (exact) mass is 702 g/mol. The third-order valence-corrected chi connectivity index (χ3v) is 12.2. The largest absolute Gasteiger partial charge is 0.311 e. The summed E-state index contributed by atoms with van der Waals surface area (Å²) in [5.74, 6) is -0.168. The van der Waals surface area contributed by atoms with Crippen LogP contribution in [-0.4, -0.2) is 25.4 Å². The van der Waals surface area contributed by atoms with Gasteiger partial charge in [0.2, 0.25) is 0 Å². The Kier molecular flexibility index (Phi) is 11.9. The number of thiophene rings is 3. The highest BCUT2D eigenvalue weighted by Gasteiger charge is 2.23. The predicted molar refractivity (Wildman–Crippen MR) is 212 cm³/mol. The normalized spacial score (nSPS) is 11.1. The molecule has 0 aliphatic rings. The van der Waals surface area contributed by atoms with E-state index in [4.69, 9.17) is 0 Å². The second-order valence-corrected chi connectivity index (χ2v) is 15.3. The van der Waals surface area contributed by atoms with Gasteiger partial charge in [-0.25, -0.2) is 0 Å². The minimum atomic E-state index is -0.118. The zero-order valence-corrected chi connectivity index (χ0v) is 30.6. The SMILES string of the molecule is CCCCCCCCCN(C(=O)c1ccccc1)c1cc(C(=O)N(C)c2ccccc2)cc(-c2ccc(-c3ccc(-c4cccs4)s3)s2)c1. The van der Waals surface area contributed by atoms with E-state index in [1.807, 2.05) is 77.7 Å². The highest BCUT2D eigenvalue weighted by atomic mass is 32.1. The van der Waals surface area contributed by atoms with E-state index in [1.165, 1.54) is 45.2 Å². The molecule has 0 fully saturated rings. The first-order chi connectivity index (χ1) is 24.0. The van der Waals surface area contributed by atoms with Crippen LogP contribution in [0.1, 0.15) is 72.6 Å². The van der Waals surface area contributed by atoms with Crippen LogP contribution in [-0.2, 0) is 0 Å².